The van der Waals surface area contributed by atoms with E-state index in [0.717, 1.165) is 19.3 Å². The van der Waals surface area contributed by atoms with Gasteiger partial charge in [0.15, 0.2) is 0 Å². The standard InChI is InChI=1S/C13H23Cl3O2/c1-2-3-4-5-6-7-8-9-10-11(14)13(15,16)12(17)18/h11H,2-10H2,1H3,(H,17,18). The minimum absolute atomic E-state index is 0.538. The lowest BCUT2D eigenvalue weighted by Crippen LogP contribution is -2.35. The highest BCUT2D eigenvalue weighted by atomic mass is 35.5. The number of alkyl halides is 3. The van der Waals surface area contributed by atoms with Crippen molar-refractivity contribution in [1.29, 1.82) is 0 Å². The molecule has 108 valence electrons. The van der Waals surface area contributed by atoms with Gasteiger partial charge in [-0.15, -0.1) is 11.6 Å². The van der Waals surface area contributed by atoms with Crippen molar-refractivity contribution in [3.05, 3.63) is 0 Å². The molecular formula is C13H23Cl3O2. The van der Waals surface area contributed by atoms with E-state index in [0.29, 0.717) is 6.42 Å². The Kier molecular flexibility index (Phi) is 10.4. The van der Waals surface area contributed by atoms with Crippen LogP contribution in [0.1, 0.15) is 64.7 Å². The molecule has 0 aromatic rings. The summed E-state index contributed by atoms with van der Waals surface area (Å²) >= 11 is 17.2. The largest absolute Gasteiger partial charge is 0.479 e. The maximum Gasteiger partial charge on any atom is 0.341 e. The Morgan fingerprint density at radius 3 is 1.94 bits per heavy atom. The summed E-state index contributed by atoms with van der Waals surface area (Å²) in [4.78, 5) is 10.7. The fraction of sp³-hybridized carbons (Fsp3) is 0.923. The lowest BCUT2D eigenvalue weighted by Gasteiger charge is -2.20. The SMILES string of the molecule is CCCCCCCCCCC(Cl)C(Cl)(Cl)C(=O)O. The van der Waals surface area contributed by atoms with E-state index < -0.39 is 15.7 Å². The number of carboxylic acids is 1. The molecule has 2 nitrogen and oxygen atoms in total. The molecule has 0 saturated carbocycles. The number of aliphatic carboxylic acids is 1. The number of hydrogen-bond donors (Lipinski definition) is 1. The molecule has 0 aliphatic rings. The van der Waals surface area contributed by atoms with Crippen molar-refractivity contribution in [3.63, 3.8) is 0 Å². The molecule has 0 aliphatic carbocycles. The van der Waals surface area contributed by atoms with Gasteiger partial charge in [0.25, 0.3) is 0 Å². The molecule has 18 heavy (non-hydrogen) atoms. The molecule has 0 spiro atoms. The van der Waals surface area contributed by atoms with E-state index in [4.69, 9.17) is 39.9 Å². The zero-order valence-electron chi connectivity index (χ0n) is 10.9. The second-order valence-electron chi connectivity index (χ2n) is 4.66. The first-order valence-corrected chi connectivity index (χ1v) is 7.87. The van der Waals surface area contributed by atoms with Crippen LogP contribution in [0.2, 0.25) is 0 Å². The minimum atomic E-state index is -1.87. The van der Waals surface area contributed by atoms with Crippen molar-refractivity contribution >= 4 is 40.8 Å². The number of rotatable bonds is 11. The first kappa shape index (κ1) is 18.3. The summed E-state index contributed by atoms with van der Waals surface area (Å²) in [5.74, 6) is -1.27. The maximum atomic E-state index is 10.7. The van der Waals surface area contributed by atoms with E-state index >= 15 is 0 Å². The van der Waals surface area contributed by atoms with Crippen molar-refractivity contribution in [3.8, 4) is 0 Å². The third-order valence-corrected chi connectivity index (χ3v) is 4.61. The highest BCUT2D eigenvalue weighted by molar-refractivity contribution is 6.60. The highest BCUT2D eigenvalue weighted by Gasteiger charge is 2.41. The first-order valence-electron chi connectivity index (χ1n) is 6.68. The molecule has 0 amide bonds. The number of hydrogen-bond acceptors (Lipinski definition) is 1. The van der Waals surface area contributed by atoms with Crippen LogP contribution in [0.15, 0.2) is 0 Å². The zero-order chi connectivity index (χ0) is 14.0. The lowest BCUT2D eigenvalue weighted by atomic mass is 10.1. The number of unbranched alkanes of at least 4 members (excludes halogenated alkanes) is 7. The highest BCUT2D eigenvalue weighted by Crippen LogP contribution is 2.33. The summed E-state index contributed by atoms with van der Waals surface area (Å²) in [6.45, 7) is 2.20. The Bertz CT molecular complexity index is 232. The van der Waals surface area contributed by atoms with Crippen LogP contribution in [0.3, 0.4) is 0 Å². The van der Waals surface area contributed by atoms with Gasteiger partial charge in [-0.25, -0.2) is 4.79 Å². The molecular weight excluding hydrogens is 295 g/mol. The topological polar surface area (TPSA) is 37.3 Å². The summed E-state index contributed by atoms with van der Waals surface area (Å²) in [6.07, 6.45) is 10.0. The van der Waals surface area contributed by atoms with Crippen LogP contribution >= 0.6 is 34.8 Å². The van der Waals surface area contributed by atoms with Gasteiger partial charge in [0.2, 0.25) is 4.33 Å². The van der Waals surface area contributed by atoms with Gasteiger partial charge in [0, 0.05) is 0 Å². The van der Waals surface area contributed by atoms with Gasteiger partial charge in [-0.05, 0) is 6.42 Å². The smallest absolute Gasteiger partial charge is 0.341 e. The van der Waals surface area contributed by atoms with E-state index in [9.17, 15) is 4.79 Å². The fourth-order valence-corrected chi connectivity index (χ4v) is 2.24. The summed E-state index contributed by atoms with van der Waals surface area (Å²) in [5, 5.41) is 8.05. The monoisotopic (exact) mass is 316 g/mol. The van der Waals surface area contributed by atoms with Crippen LogP contribution in [0, 0.1) is 0 Å². The summed E-state index contributed by atoms with van der Waals surface area (Å²) < 4.78 is -1.87. The number of halogens is 3. The molecule has 0 bridgehead atoms. The molecule has 5 heteroatoms. The number of carbonyl (C=O) groups is 1. The molecule has 0 fully saturated rings. The van der Waals surface area contributed by atoms with E-state index in [-0.39, 0.29) is 0 Å². The van der Waals surface area contributed by atoms with Crippen LogP contribution < -0.4 is 0 Å². The van der Waals surface area contributed by atoms with Crippen molar-refractivity contribution in [2.24, 2.45) is 0 Å². The van der Waals surface area contributed by atoms with E-state index in [1.165, 1.54) is 32.1 Å². The molecule has 0 aliphatic heterocycles. The van der Waals surface area contributed by atoms with Crippen molar-refractivity contribution < 1.29 is 9.90 Å². The van der Waals surface area contributed by atoms with Crippen LogP contribution in [-0.4, -0.2) is 20.8 Å². The Hall–Kier alpha value is 0.340. The van der Waals surface area contributed by atoms with Gasteiger partial charge in [-0.2, -0.15) is 0 Å². The molecule has 0 heterocycles. The van der Waals surface area contributed by atoms with Gasteiger partial charge < -0.3 is 5.11 Å². The van der Waals surface area contributed by atoms with Crippen LogP contribution in [0.25, 0.3) is 0 Å². The van der Waals surface area contributed by atoms with E-state index in [1.54, 1.807) is 0 Å². The molecule has 1 N–H and O–H groups in total. The summed E-state index contributed by atoms with van der Waals surface area (Å²) in [6, 6.07) is 0. The van der Waals surface area contributed by atoms with Gasteiger partial charge in [-0.3, -0.25) is 0 Å². The van der Waals surface area contributed by atoms with Crippen LogP contribution in [-0.2, 0) is 4.79 Å². The second kappa shape index (κ2) is 10.2. The Balaban J connectivity index is 3.52. The molecule has 0 aromatic carbocycles. The van der Waals surface area contributed by atoms with Gasteiger partial charge in [0.1, 0.15) is 0 Å². The number of carboxylic acid groups (broad SMARTS) is 1. The minimum Gasteiger partial charge on any atom is -0.479 e. The molecule has 0 saturated heterocycles. The lowest BCUT2D eigenvalue weighted by molar-refractivity contribution is -0.137. The fourth-order valence-electron chi connectivity index (χ4n) is 1.77. The van der Waals surface area contributed by atoms with Gasteiger partial charge in [0.05, 0.1) is 5.38 Å². The maximum absolute atomic E-state index is 10.7. The van der Waals surface area contributed by atoms with Crippen molar-refractivity contribution in [2.45, 2.75) is 74.4 Å². The molecule has 0 radical (unpaired) electrons. The molecule has 1 unspecified atom stereocenters. The Morgan fingerprint density at radius 2 is 1.50 bits per heavy atom. The molecule has 0 rings (SSSR count). The van der Waals surface area contributed by atoms with Crippen LogP contribution in [0.4, 0.5) is 0 Å². The van der Waals surface area contributed by atoms with E-state index in [2.05, 4.69) is 6.92 Å². The van der Waals surface area contributed by atoms with Gasteiger partial charge in [-0.1, -0.05) is 81.5 Å². The summed E-state index contributed by atoms with van der Waals surface area (Å²) in [7, 11) is 0. The third kappa shape index (κ3) is 7.70. The first-order chi connectivity index (χ1) is 8.42. The normalized spacial score (nSPS) is 13.6. The third-order valence-electron chi connectivity index (χ3n) is 2.99. The predicted molar refractivity (Wildman–Crippen MR) is 78.9 cm³/mol. The van der Waals surface area contributed by atoms with Crippen LogP contribution in [0.5, 0.6) is 0 Å². The Labute approximate surface area is 125 Å². The van der Waals surface area contributed by atoms with Crippen molar-refractivity contribution in [2.75, 3.05) is 0 Å². The zero-order valence-corrected chi connectivity index (χ0v) is 13.2. The summed E-state index contributed by atoms with van der Waals surface area (Å²) in [5.41, 5.74) is 0. The van der Waals surface area contributed by atoms with E-state index in [1.807, 2.05) is 0 Å². The van der Waals surface area contributed by atoms with Gasteiger partial charge >= 0.3 is 5.97 Å². The average Bonchev–Trinajstić information content (AvgIpc) is 2.32. The Morgan fingerprint density at radius 1 is 1.06 bits per heavy atom. The quantitative estimate of drug-likeness (QED) is 0.410. The second-order valence-corrected chi connectivity index (χ2v) is 6.57. The van der Waals surface area contributed by atoms with Crippen molar-refractivity contribution in [1.82, 2.24) is 0 Å². The molecule has 0 aromatic heterocycles. The molecule has 1 atom stereocenters. The average molecular weight is 318 g/mol. The predicted octanol–water partition coefficient (Wildman–Crippen LogP) is 5.38.